The van der Waals surface area contributed by atoms with Crippen LogP contribution in [0.1, 0.15) is 12.0 Å². The van der Waals surface area contributed by atoms with Crippen LogP contribution in [-0.2, 0) is 6.42 Å². The first kappa shape index (κ1) is 16.9. The number of rotatable bonds is 6. The molecule has 4 heteroatoms. The Morgan fingerprint density at radius 1 is 1.00 bits per heavy atom. The van der Waals surface area contributed by atoms with Gasteiger partial charge in [-0.05, 0) is 50.2 Å². The summed E-state index contributed by atoms with van der Waals surface area (Å²) < 4.78 is 19.5. The lowest BCUT2D eigenvalue weighted by Gasteiger charge is -2.32. The standard InChI is InChI=1S/C20H25FN2O/c1-22-12-14-23(15-13-22)11-5-6-17-9-10-18(21)16-20(17)24-19-7-3-2-4-8-19/h2-4,7-10,16H,5-6,11-15H2,1H3. The molecule has 0 amide bonds. The Labute approximate surface area is 143 Å². The monoisotopic (exact) mass is 328 g/mol. The molecule has 0 unspecified atom stereocenters. The predicted molar refractivity (Wildman–Crippen MR) is 95.2 cm³/mol. The lowest BCUT2D eigenvalue weighted by atomic mass is 10.1. The zero-order valence-electron chi connectivity index (χ0n) is 14.2. The largest absolute Gasteiger partial charge is 0.457 e. The number of halogens is 1. The highest BCUT2D eigenvalue weighted by atomic mass is 19.1. The fourth-order valence-electron chi connectivity index (χ4n) is 3.01. The first-order valence-corrected chi connectivity index (χ1v) is 8.63. The number of hydrogen-bond acceptors (Lipinski definition) is 3. The van der Waals surface area contributed by atoms with Crippen molar-refractivity contribution in [2.45, 2.75) is 12.8 Å². The van der Waals surface area contributed by atoms with Gasteiger partial charge in [0, 0.05) is 32.2 Å². The summed E-state index contributed by atoms with van der Waals surface area (Å²) in [5.41, 5.74) is 1.06. The van der Waals surface area contributed by atoms with Crippen LogP contribution < -0.4 is 4.74 Å². The van der Waals surface area contributed by atoms with Gasteiger partial charge in [0.05, 0.1) is 0 Å². The third-order valence-electron chi connectivity index (χ3n) is 4.52. The first-order valence-electron chi connectivity index (χ1n) is 8.63. The molecule has 1 fully saturated rings. The van der Waals surface area contributed by atoms with E-state index in [1.54, 1.807) is 0 Å². The van der Waals surface area contributed by atoms with Crippen molar-refractivity contribution in [3.05, 3.63) is 59.9 Å². The maximum Gasteiger partial charge on any atom is 0.133 e. The van der Waals surface area contributed by atoms with Crippen molar-refractivity contribution in [1.29, 1.82) is 0 Å². The molecule has 0 aliphatic carbocycles. The van der Waals surface area contributed by atoms with Gasteiger partial charge >= 0.3 is 0 Å². The SMILES string of the molecule is CN1CCN(CCCc2ccc(F)cc2Oc2ccccc2)CC1. The van der Waals surface area contributed by atoms with Crippen LogP contribution in [-0.4, -0.2) is 49.6 Å². The maximum atomic E-state index is 13.6. The molecule has 0 radical (unpaired) electrons. The normalized spacial score (nSPS) is 16.2. The van der Waals surface area contributed by atoms with Gasteiger partial charge in [-0.3, -0.25) is 0 Å². The van der Waals surface area contributed by atoms with Gasteiger partial charge in [0.15, 0.2) is 0 Å². The molecule has 1 aliphatic heterocycles. The van der Waals surface area contributed by atoms with Crippen LogP contribution in [0, 0.1) is 5.82 Å². The molecule has 1 aliphatic rings. The van der Waals surface area contributed by atoms with Gasteiger partial charge in [-0.25, -0.2) is 4.39 Å². The molecular formula is C20H25FN2O. The Balaban J connectivity index is 1.58. The molecule has 0 bridgehead atoms. The average molecular weight is 328 g/mol. The van der Waals surface area contributed by atoms with Gasteiger partial charge in [0.25, 0.3) is 0 Å². The Morgan fingerprint density at radius 3 is 2.50 bits per heavy atom. The second kappa shape index (κ2) is 8.27. The Kier molecular flexibility index (Phi) is 5.83. The lowest BCUT2D eigenvalue weighted by molar-refractivity contribution is 0.153. The molecule has 0 spiro atoms. The van der Waals surface area contributed by atoms with Gasteiger partial charge < -0.3 is 14.5 Å². The van der Waals surface area contributed by atoms with Crippen molar-refractivity contribution in [3.63, 3.8) is 0 Å². The first-order chi connectivity index (χ1) is 11.7. The van der Waals surface area contributed by atoms with Crippen LogP contribution in [0.4, 0.5) is 4.39 Å². The fourth-order valence-corrected chi connectivity index (χ4v) is 3.01. The van der Waals surface area contributed by atoms with Crippen LogP contribution in [0.15, 0.2) is 48.5 Å². The minimum Gasteiger partial charge on any atom is -0.457 e. The van der Waals surface area contributed by atoms with E-state index in [0.29, 0.717) is 5.75 Å². The maximum absolute atomic E-state index is 13.6. The van der Waals surface area contributed by atoms with Crippen molar-refractivity contribution < 1.29 is 9.13 Å². The highest BCUT2D eigenvalue weighted by Gasteiger charge is 2.14. The quantitative estimate of drug-likeness (QED) is 0.802. The summed E-state index contributed by atoms with van der Waals surface area (Å²) in [6, 6.07) is 14.4. The molecule has 2 aromatic carbocycles. The van der Waals surface area contributed by atoms with Gasteiger partial charge in [0.2, 0.25) is 0 Å². The van der Waals surface area contributed by atoms with Gasteiger partial charge in [-0.15, -0.1) is 0 Å². The molecule has 2 aromatic rings. The van der Waals surface area contributed by atoms with Crippen molar-refractivity contribution in [3.8, 4) is 11.5 Å². The van der Waals surface area contributed by atoms with Crippen LogP contribution in [0.5, 0.6) is 11.5 Å². The van der Waals surface area contributed by atoms with Gasteiger partial charge in [0.1, 0.15) is 17.3 Å². The third-order valence-corrected chi connectivity index (χ3v) is 4.52. The molecule has 1 heterocycles. The van der Waals surface area contributed by atoms with E-state index in [0.717, 1.165) is 56.9 Å². The number of hydrogen-bond donors (Lipinski definition) is 0. The summed E-state index contributed by atoms with van der Waals surface area (Å²) in [7, 11) is 2.17. The number of nitrogens with zero attached hydrogens (tertiary/aromatic N) is 2. The van der Waals surface area contributed by atoms with Gasteiger partial charge in [-0.2, -0.15) is 0 Å². The van der Waals surface area contributed by atoms with Crippen molar-refractivity contribution >= 4 is 0 Å². The van der Waals surface area contributed by atoms with E-state index in [2.05, 4.69) is 16.8 Å². The van der Waals surface area contributed by atoms with Crippen LogP contribution in [0.25, 0.3) is 0 Å². The van der Waals surface area contributed by atoms with Crippen LogP contribution in [0.2, 0.25) is 0 Å². The molecule has 3 rings (SSSR count). The summed E-state index contributed by atoms with van der Waals surface area (Å²) >= 11 is 0. The van der Waals surface area contributed by atoms with Crippen molar-refractivity contribution in [1.82, 2.24) is 9.80 Å². The molecule has 0 N–H and O–H groups in total. The lowest BCUT2D eigenvalue weighted by Crippen LogP contribution is -2.44. The number of aryl methyl sites for hydroxylation is 1. The molecule has 1 saturated heterocycles. The fraction of sp³-hybridized carbons (Fsp3) is 0.400. The van der Waals surface area contributed by atoms with Crippen LogP contribution in [0.3, 0.4) is 0 Å². The Bertz CT molecular complexity index is 639. The summed E-state index contributed by atoms with van der Waals surface area (Å²) in [5, 5.41) is 0. The molecule has 0 atom stereocenters. The second-order valence-electron chi connectivity index (χ2n) is 6.42. The summed E-state index contributed by atoms with van der Waals surface area (Å²) in [4.78, 5) is 4.86. The average Bonchev–Trinajstić information content (AvgIpc) is 2.59. The molecule has 0 aromatic heterocycles. The van der Waals surface area contributed by atoms with Crippen molar-refractivity contribution in [2.75, 3.05) is 39.8 Å². The van der Waals surface area contributed by atoms with Crippen molar-refractivity contribution in [2.24, 2.45) is 0 Å². The van der Waals surface area contributed by atoms with E-state index in [-0.39, 0.29) is 5.82 Å². The van der Waals surface area contributed by atoms with Gasteiger partial charge in [-0.1, -0.05) is 24.3 Å². The minimum atomic E-state index is -0.260. The smallest absolute Gasteiger partial charge is 0.133 e. The predicted octanol–water partition coefficient (Wildman–Crippen LogP) is 3.80. The number of para-hydroxylation sites is 1. The summed E-state index contributed by atoms with van der Waals surface area (Å²) in [5.74, 6) is 1.10. The van der Waals surface area contributed by atoms with E-state index in [1.807, 2.05) is 36.4 Å². The number of benzene rings is 2. The topological polar surface area (TPSA) is 15.7 Å². The van der Waals surface area contributed by atoms with E-state index in [1.165, 1.54) is 12.1 Å². The molecular weight excluding hydrogens is 303 g/mol. The van der Waals surface area contributed by atoms with E-state index < -0.39 is 0 Å². The number of ether oxygens (including phenoxy) is 1. The number of likely N-dealkylation sites (N-methyl/N-ethyl adjacent to an activating group) is 1. The zero-order valence-corrected chi connectivity index (χ0v) is 14.2. The molecule has 0 saturated carbocycles. The summed E-state index contributed by atoms with van der Waals surface area (Å²) in [6.45, 7) is 5.62. The van der Waals surface area contributed by atoms with Crippen LogP contribution >= 0.6 is 0 Å². The highest BCUT2D eigenvalue weighted by Crippen LogP contribution is 2.27. The Morgan fingerprint density at radius 2 is 1.75 bits per heavy atom. The molecule has 128 valence electrons. The highest BCUT2D eigenvalue weighted by molar-refractivity contribution is 5.38. The van der Waals surface area contributed by atoms with E-state index >= 15 is 0 Å². The number of piperazine rings is 1. The Hall–Kier alpha value is -1.91. The van der Waals surface area contributed by atoms with E-state index in [4.69, 9.17) is 4.74 Å². The minimum absolute atomic E-state index is 0.260. The zero-order chi connectivity index (χ0) is 16.8. The molecule has 24 heavy (non-hydrogen) atoms. The second-order valence-corrected chi connectivity index (χ2v) is 6.42. The third kappa shape index (κ3) is 4.79. The molecule has 3 nitrogen and oxygen atoms in total. The van der Waals surface area contributed by atoms with E-state index in [9.17, 15) is 4.39 Å². The summed E-state index contributed by atoms with van der Waals surface area (Å²) in [6.07, 6.45) is 1.95.